The summed E-state index contributed by atoms with van der Waals surface area (Å²) in [7, 11) is -13.0. The lowest BCUT2D eigenvalue weighted by atomic mass is 9.94. The van der Waals surface area contributed by atoms with Gasteiger partial charge in [0.25, 0.3) is 0 Å². The van der Waals surface area contributed by atoms with Crippen LogP contribution in [0.5, 0.6) is 0 Å². The van der Waals surface area contributed by atoms with E-state index in [4.69, 9.17) is 36.4 Å². The fourth-order valence-electron chi connectivity index (χ4n) is 1.50. The number of methoxy groups -OCH3 is 1. The Hall–Kier alpha value is 0.125. The molecule has 18 heteroatoms. The van der Waals surface area contributed by atoms with E-state index >= 15 is 0 Å². The van der Waals surface area contributed by atoms with Crippen molar-refractivity contribution in [2.45, 2.75) is 25.5 Å². The Morgan fingerprint density at radius 3 is 2.15 bits per heavy atom. The molecule has 0 bridgehead atoms. The zero-order valence-corrected chi connectivity index (χ0v) is 17.5. The first-order valence-corrected chi connectivity index (χ1v) is 11.7. The van der Waals surface area contributed by atoms with Crippen molar-refractivity contribution in [3.05, 3.63) is 0 Å². The number of thiocarbonyl (C=S) groups is 1. The highest BCUT2D eigenvalue weighted by atomic mass is 32.1. The second kappa shape index (κ2) is 11.2. The van der Waals surface area contributed by atoms with E-state index in [-0.39, 0.29) is 24.0 Å². The first-order valence-electron chi connectivity index (χ1n) is 6.80. The lowest BCUT2D eigenvalue weighted by molar-refractivity contribution is 0.0379. The van der Waals surface area contributed by atoms with Gasteiger partial charge in [0.15, 0.2) is 0 Å². The number of rotatable bonds is 12. The Balaban J connectivity index is 4.22. The van der Waals surface area contributed by atoms with Crippen LogP contribution in [0.1, 0.15) is 13.3 Å². The number of hydrogen-bond acceptors (Lipinski definition) is 10. The topological polar surface area (TPSA) is 188 Å². The minimum atomic E-state index is -5.52. The van der Waals surface area contributed by atoms with Gasteiger partial charge in [-0.15, -0.1) is 0 Å². The molecule has 0 aliphatic carbocycles. The number of hydrogen-bond donors (Lipinski definition) is 4. The molecule has 0 aliphatic heterocycles. The van der Waals surface area contributed by atoms with Crippen LogP contribution in [-0.4, -0.2) is 65.1 Å². The Morgan fingerprint density at radius 2 is 1.65 bits per heavy atom. The Morgan fingerprint density at radius 1 is 1.08 bits per heavy atom. The highest BCUT2D eigenvalue weighted by Crippen LogP contribution is 2.66. The third kappa shape index (κ3) is 14.2. The molecule has 4 atom stereocenters. The van der Waals surface area contributed by atoms with Gasteiger partial charge in [-0.3, -0.25) is 4.52 Å². The van der Waals surface area contributed by atoms with E-state index in [9.17, 15) is 18.6 Å². The molecule has 0 aliphatic rings. The van der Waals surface area contributed by atoms with Gasteiger partial charge in [0.1, 0.15) is 14.0 Å². The van der Waals surface area contributed by atoms with Crippen molar-refractivity contribution >= 4 is 48.8 Å². The summed E-state index contributed by atoms with van der Waals surface area (Å²) in [6, 6.07) is -0.366. The smallest absolute Gasteiger partial charge is 0.460 e. The summed E-state index contributed by atoms with van der Waals surface area (Å²) in [6.07, 6.45) is 0.0781. The number of phosphoric ester groups is 1. The van der Waals surface area contributed by atoms with Gasteiger partial charge in [-0.2, -0.15) is 8.62 Å². The number of phosphoric acid groups is 3. The Labute approximate surface area is 155 Å². The first kappa shape index (κ1) is 26.1. The molecular weight excluding hydrogens is 440 g/mol. The third-order valence-electron chi connectivity index (χ3n) is 2.28. The van der Waals surface area contributed by atoms with Crippen molar-refractivity contribution in [2.75, 3.05) is 20.3 Å². The third-order valence-corrected chi connectivity index (χ3v) is 6.38. The molecule has 0 saturated heterocycles. The Kier molecular flexibility index (Phi) is 11.3. The quantitative estimate of drug-likeness (QED) is 0.132. The van der Waals surface area contributed by atoms with Crippen molar-refractivity contribution < 1.29 is 60.6 Å². The molecule has 0 aromatic carbocycles. The van der Waals surface area contributed by atoms with E-state index in [0.29, 0.717) is 6.42 Å². The zero-order valence-electron chi connectivity index (χ0n) is 14.0. The molecular formula is C8H20BO13P3S. The zero-order chi connectivity index (χ0) is 20.6. The van der Waals surface area contributed by atoms with Crippen molar-refractivity contribution in [1.82, 2.24) is 0 Å². The average molecular weight is 460 g/mol. The van der Waals surface area contributed by atoms with Gasteiger partial charge < -0.3 is 33.8 Å². The maximum absolute atomic E-state index is 11.4. The average Bonchev–Trinajstić information content (AvgIpc) is 2.39. The van der Waals surface area contributed by atoms with E-state index in [1.807, 2.05) is 0 Å². The maximum Gasteiger partial charge on any atom is 0.490 e. The van der Waals surface area contributed by atoms with Crippen LogP contribution >= 0.6 is 35.7 Å². The van der Waals surface area contributed by atoms with Crippen LogP contribution < -0.4 is 0 Å². The molecule has 0 saturated carbocycles. The lowest BCUT2D eigenvalue weighted by Gasteiger charge is -2.20. The SMILES string of the molecule is BC(CC(C)OC(=S)OC)OCCOP(=O)(O)OP(=O)(O)OP(=O)(O)O. The molecule has 13 nitrogen and oxygen atoms in total. The van der Waals surface area contributed by atoms with Crippen LogP contribution in [0.25, 0.3) is 0 Å². The second-order valence-corrected chi connectivity index (χ2v) is 9.48. The van der Waals surface area contributed by atoms with E-state index in [2.05, 4.69) is 17.9 Å². The van der Waals surface area contributed by atoms with Crippen LogP contribution in [0.2, 0.25) is 0 Å². The van der Waals surface area contributed by atoms with Gasteiger partial charge in [0, 0.05) is 24.6 Å². The predicted molar refractivity (Wildman–Crippen MR) is 92.9 cm³/mol. The Bertz CT molecular complexity index is 596. The van der Waals surface area contributed by atoms with E-state index in [0.717, 1.165) is 0 Å². The molecule has 0 radical (unpaired) electrons. The molecule has 0 amide bonds. The van der Waals surface area contributed by atoms with Crippen LogP contribution in [0.3, 0.4) is 0 Å². The summed E-state index contributed by atoms with van der Waals surface area (Å²) >= 11 is 4.73. The second-order valence-electron chi connectivity index (χ2n) is 4.72. The summed E-state index contributed by atoms with van der Waals surface area (Å²) in [5.41, 5.74) is 0. The highest BCUT2D eigenvalue weighted by Gasteiger charge is 2.40. The van der Waals surface area contributed by atoms with Crippen molar-refractivity contribution in [3.8, 4) is 0 Å². The standard InChI is InChI=1S/C8H20BO13P3S/c1-6(20-8(26)17-2)5-7(9)18-3-4-19-24(13,14)22-25(15,16)21-23(10,11)12/h6-7H,3-5,9H2,1-2H3,(H,13,14)(H,15,16)(H2,10,11,12). The van der Waals surface area contributed by atoms with Crippen LogP contribution in [0.15, 0.2) is 0 Å². The lowest BCUT2D eigenvalue weighted by Crippen LogP contribution is -2.24. The van der Waals surface area contributed by atoms with Gasteiger partial charge in [-0.1, -0.05) is 0 Å². The predicted octanol–water partition coefficient (Wildman–Crippen LogP) is 0.0320. The number of ether oxygens (including phenoxy) is 3. The van der Waals surface area contributed by atoms with Gasteiger partial charge >= 0.3 is 28.7 Å². The maximum atomic E-state index is 11.4. The van der Waals surface area contributed by atoms with Gasteiger partial charge in [0.05, 0.1) is 20.3 Å². The van der Waals surface area contributed by atoms with E-state index in [1.165, 1.54) is 7.11 Å². The van der Waals surface area contributed by atoms with Crippen molar-refractivity contribution in [1.29, 1.82) is 0 Å². The first-order chi connectivity index (χ1) is 11.7. The molecule has 0 aromatic rings. The highest BCUT2D eigenvalue weighted by molar-refractivity contribution is 7.79. The fourth-order valence-corrected chi connectivity index (χ4v) is 4.67. The monoisotopic (exact) mass is 460 g/mol. The van der Waals surface area contributed by atoms with E-state index in [1.54, 1.807) is 14.8 Å². The van der Waals surface area contributed by atoms with Crippen LogP contribution in [-0.2, 0) is 41.1 Å². The van der Waals surface area contributed by atoms with Gasteiger partial charge in [-0.25, -0.2) is 13.7 Å². The molecule has 4 N–H and O–H groups in total. The van der Waals surface area contributed by atoms with E-state index < -0.39 is 30.1 Å². The van der Waals surface area contributed by atoms with Gasteiger partial charge in [0.2, 0.25) is 0 Å². The fraction of sp³-hybridized carbons (Fsp3) is 0.875. The normalized spacial score (nSPS) is 19.0. The summed E-state index contributed by atoms with van der Waals surface area (Å²) in [5, 5.41) is -0.0302. The molecule has 0 heterocycles. The largest absolute Gasteiger partial charge is 0.490 e. The molecule has 4 unspecified atom stereocenters. The summed E-state index contributed by atoms with van der Waals surface area (Å²) in [4.78, 5) is 35.0. The molecule has 0 fully saturated rings. The van der Waals surface area contributed by atoms with Crippen molar-refractivity contribution in [2.24, 2.45) is 0 Å². The molecule has 154 valence electrons. The van der Waals surface area contributed by atoms with Crippen LogP contribution in [0.4, 0.5) is 0 Å². The molecule has 0 aromatic heterocycles. The van der Waals surface area contributed by atoms with Gasteiger partial charge in [-0.05, 0) is 6.92 Å². The minimum absolute atomic E-state index is 0.0302. The summed E-state index contributed by atoms with van der Waals surface area (Å²) in [5.74, 6) is 0. The molecule has 0 spiro atoms. The van der Waals surface area contributed by atoms with Crippen molar-refractivity contribution in [3.63, 3.8) is 0 Å². The summed E-state index contributed by atoms with van der Waals surface area (Å²) in [6.45, 7) is 0.989. The van der Waals surface area contributed by atoms with Crippen LogP contribution in [0, 0.1) is 0 Å². The summed E-state index contributed by atoms with van der Waals surface area (Å²) < 4.78 is 59.6. The minimum Gasteiger partial charge on any atom is -0.460 e. The molecule has 26 heavy (non-hydrogen) atoms. The molecule has 0 rings (SSSR count).